The van der Waals surface area contributed by atoms with E-state index in [0.717, 1.165) is 12.1 Å². The van der Waals surface area contributed by atoms with Crippen molar-refractivity contribution in [2.75, 3.05) is 17.7 Å². The Morgan fingerprint density at radius 1 is 0.822 bits per heavy atom. The van der Waals surface area contributed by atoms with Crippen LogP contribution < -0.4 is 15.4 Å². The topological polar surface area (TPSA) is 170 Å². The second-order valence-corrected chi connectivity index (χ2v) is 11.0. The molecular weight excluding hydrogens is 625 g/mol. The number of nitrogens with one attached hydrogen (secondary N) is 2. The molecule has 2 amide bonds. The number of aromatic hydroxyl groups is 1. The van der Waals surface area contributed by atoms with Gasteiger partial charge in [0, 0.05) is 22.3 Å². The van der Waals surface area contributed by atoms with Crippen LogP contribution in [0.1, 0.15) is 26.3 Å². The third kappa shape index (κ3) is 7.85. The van der Waals surface area contributed by atoms with Crippen molar-refractivity contribution in [1.29, 1.82) is 0 Å². The maximum atomic E-state index is 13.2. The number of carbonyl (C=O) groups excluding carboxylic acids is 2. The van der Waals surface area contributed by atoms with Crippen molar-refractivity contribution in [3.8, 4) is 11.5 Å². The Labute approximate surface area is 288 Å². The summed E-state index contributed by atoms with van der Waals surface area (Å²) in [5.74, 6) is -0.799. The molecule has 0 saturated carbocycles. The number of aryl methyl sites for hydroxylation is 1. The number of rotatable bonds is 8. The van der Waals surface area contributed by atoms with Gasteiger partial charge in [-0.2, -0.15) is 5.11 Å². The van der Waals surface area contributed by atoms with Crippen molar-refractivity contribution in [2.45, 2.75) is 11.8 Å². The summed E-state index contributed by atoms with van der Waals surface area (Å²) in [6.45, 7) is 1.77. The molecule has 5 rings (SSSR count). The molecule has 0 atom stereocenters. The number of methoxy groups -OCH3 is 1. The van der Waals surface area contributed by atoms with Crippen molar-refractivity contribution >= 4 is 93.2 Å². The summed E-state index contributed by atoms with van der Waals surface area (Å²) in [6.07, 6.45) is 0. The number of fused-ring (bicyclic) bond motifs is 1. The molecule has 5 aromatic rings. The number of azo groups is 1. The van der Waals surface area contributed by atoms with Crippen LogP contribution in [0.5, 0.6) is 11.5 Å². The first-order chi connectivity index (χ1) is 21.0. The van der Waals surface area contributed by atoms with Gasteiger partial charge < -0.3 is 25.0 Å². The molecule has 45 heavy (non-hydrogen) atoms. The molecule has 3 N–H and O–H groups in total. The number of amides is 2. The van der Waals surface area contributed by atoms with Crippen LogP contribution in [0.4, 0.5) is 22.7 Å². The fourth-order valence-electron chi connectivity index (χ4n) is 4.34. The molecule has 222 valence electrons. The van der Waals surface area contributed by atoms with E-state index < -0.39 is 26.8 Å². The monoisotopic (exact) mass is 649 g/mol. The standard InChI is InChI=1S/C32H26N4O7S.Ca/c1-19-7-8-21(31(38)33-23-11-15-25(16-12-23)44(40,41)42)18-28(19)35-36-29-26-6-4-3-5-20(26)17-27(30(29)37)32(39)34-22-9-13-24(43-2)14-10-22;/h3-18,37H,1-2H3,(H,33,38)(H,34,39)(H,40,41,42);/q;+2/p-1. The summed E-state index contributed by atoms with van der Waals surface area (Å²) < 4.78 is 38.6. The fourth-order valence-corrected chi connectivity index (χ4v) is 4.80. The number of ether oxygens (including phenoxy) is 1. The van der Waals surface area contributed by atoms with Crippen molar-refractivity contribution in [2.24, 2.45) is 10.2 Å². The molecule has 0 unspecified atom stereocenters. The molecule has 0 bridgehead atoms. The molecule has 0 aliphatic rings. The Balaban J connectivity index is 0.00000461. The van der Waals surface area contributed by atoms with Gasteiger partial charge in [0.1, 0.15) is 21.6 Å². The zero-order valence-corrected chi connectivity index (χ0v) is 27.2. The second kappa shape index (κ2) is 14.2. The van der Waals surface area contributed by atoms with Gasteiger partial charge in [0.2, 0.25) is 0 Å². The van der Waals surface area contributed by atoms with Crippen LogP contribution in [-0.2, 0) is 10.1 Å². The van der Waals surface area contributed by atoms with E-state index in [9.17, 15) is 27.7 Å². The van der Waals surface area contributed by atoms with Gasteiger partial charge in [-0.1, -0.05) is 30.3 Å². The van der Waals surface area contributed by atoms with Gasteiger partial charge in [0.15, 0.2) is 5.75 Å². The smallest absolute Gasteiger partial charge is 0.744 e. The molecule has 0 spiro atoms. The SMILES string of the molecule is COc1ccc(NC(=O)c2cc3ccccc3c(N=Nc3cc(C(=O)Nc4ccc(S(=O)(=O)[O-])cc4)ccc3C)c2O)cc1.[Ca+2]. The van der Waals surface area contributed by atoms with Gasteiger partial charge in [0.25, 0.3) is 11.8 Å². The van der Waals surface area contributed by atoms with E-state index in [4.69, 9.17) is 4.74 Å². The molecular formula is C32H25CaN4O7S+. The normalized spacial score (nSPS) is 11.2. The first kappa shape index (κ1) is 33.6. The van der Waals surface area contributed by atoms with Crippen LogP contribution in [0, 0.1) is 6.92 Å². The summed E-state index contributed by atoms with van der Waals surface area (Å²) in [7, 11) is -3.07. The van der Waals surface area contributed by atoms with Crippen LogP contribution in [0.25, 0.3) is 10.8 Å². The summed E-state index contributed by atoms with van der Waals surface area (Å²) in [5.41, 5.74) is 2.11. The Hall–Kier alpha value is -4.33. The van der Waals surface area contributed by atoms with Crippen LogP contribution in [0.15, 0.2) is 112 Å². The van der Waals surface area contributed by atoms with Crippen LogP contribution in [-0.4, -0.2) is 74.7 Å². The van der Waals surface area contributed by atoms with Gasteiger partial charge in [-0.05, 0) is 84.6 Å². The average Bonchev–Trinajstić information content (AvgIpc) is 3.01. The third-order valence-electron chi connectivity index (χ3n) is 6.72. The molecule has 0 aliphatic heterocycles. The van der Waals surface area contributed by atoms with E-state index in [-0.39, 0.29) is 66.0 Å². The maximum absolute atomic E-state index is 13.2. The largest absolute Gasteiger partial charge is 2.00 e. The number of nitrogens with zero attached hydrogens (tertiary/aromatic N) is 2. The van der Waals surface area contributed by atoms with E-state index in [1.165, 1.54) is 18.2 Å². The Morgan fingerprint density at radius 2 is 1.44 bits per heavy atom. The number of carbonyl (C=O) groups is 2. The quantitative estimate of drug-likeness (QED) is 0.101. The Bertz CT molecular complexity index is 2030. The molecule has 0 aromatic heterocycles. The molecule has 11 nitrogen and oxygen atoms in total. The zero-order valence-electron chi connectivity index (χ0n) is 24.1. The fraction of sp³-hybridized carbons (Fsp3) is 0.0625. The van der Waals surface area contributed by atoms with Crippen molar-refractivity contribution in [1.82, 2.24) is 0 Å². The van der Waals surface area contributed by atoms with Gasteiger partial charge >= 0.3 is 37.7 Å². The minimum Gasteiger partial charge on any atom is -0.744 e. The summed E-state index contributed by atoms with van der Waals surface area (Å²) in [6, 6.07) is 25.0. The van der Waals surface area contributed by atoms with Crippen LogP contribution in [0.3, 0.4) is 0 Å². The Morgan fingerprint density at radius 3 is 2.09 bits per heavy atom. The van der Waals surface area contributed by atoms with E-state index in [2.05, 4.69) is 20.9 Å². The van der Waals surface area contributed by atoms with Crippen LogP contribution in [0.2, 0.25) is 0 Å². The van der Waals surface area contributed by atoms with E-state index in [0.29, 0.717) is 33.5 Å². The van der Waals surface area contributed by atoms with Gasteiger partial charge in [-0.3, -0.25) is 9.59 Å². The average molecular weight is 650 g/mol. The van der Waals surface area contributed by atoms with Crippen LogP contribution >= 0.6 is 0 Å². The molecule has 0 aliphatic carbocycles. The summed E-state index contributed by atoms with van der Waals surface area (Å²) >= 11 is 0. The molecule has 0 heterocycles. The molecule has 5 aromatic carbocycles. The molecule has 0 radical (unpaired) electrons. The number of hydrogen-bond acceptors (Lipinski definition) is 9. The number of phenols is 1. The second-order valence-electron chi connectivity index (χ2n) is 9.66. The minimum absolute atomic E-state index is 0. The summed E-state index contributed by atoms with van der Waals surface area (Å²) in [5, 5.41) is 26.4. The first-order valence-corrected chi connectivity index (χ1v) is 14.5. The molecule has 13 heteroatoms. The van der Waals surface area contributed by atoms with Crippen molar-refractivity contribution in [3.63, 3.8) is 0 Å². The Kier molecular flexibility index (Phi) is 10.6. The van der Waals surface area contributed by atoms with Crippen molar-refractivity contribution in [3.05, 3.63) is 114 Å². The van der Waals surface area contributed by atoms with E-state index in [1.54, 1.807) is 80.8 Å². The maximum Gasteiger partial charge on any atom is 2.00 e. The number of phenolic OH excluding ortho intramolecular Hbond substituents is 1. The zero-order chi connectivity index (χ0) is 31.4. The number of anilines is 2. The minimum atomic E-state index is -4.61. The predicted octanol–water partition coefficient (Wildman–Crippen LogP) is 6.31. The van der Waals surface area contributed by atoms with E-state index >= 15 is 0 Å². The third-order valence-corrected chi connectivity index (χ3v) is 7.57. The van der Waals surface area contributed by atoms with Gasteiger partial charge in [0.05, 0.1) is 23.3 Å². The summed E-state index contributed by atoms with van der Waals surface area (Å²) in [4.78, 5) is 25.7. The van der Waals surface area contributed by atoms with E-state index in [1.807, 2.05) is 0 Å². The number of benzene rings is 5. The van der Waals surface area contributed by atoms with Crippen molar-refractivity contribution < 1.29 is 32.4 Å². The first-order valence-electron chi connectivity index (χ1n) is 13.1. The number of hydrogen-bond donors (Lipinski definition) is 3. The van der Waals surface area contributed by atoms with Gasteiger partial charge in [-0.15, -0.1) is 5.11 Å². The molecule has 0 saturated heterocycles. The van der Waals surface area contributed by atoms with Gasteiger partial charge in [-0.25, -0.2) is 8.42 Å². The molecule has 0 fully saturated rings. The predicted molar refractivity (Wildman–Crippen MR) is 170 cm³/mol.